The first-order valence-electron chi connectivity index (χ1n) is 12.6. The topological polar surface area (TPSA) is 89.0 Å². The number of ketones is 1. The van der Waals surface area contributed by atoms with Crippen LogP contribution in [-0.4, -0.2) is 35.5 Å². The first-order valence-corrected chi connectivity index (χ1v) is 13.4. The van der Waals surface area contributed by atoms with E-state index < -0.39 is 23.5 Å². The highest BCUT2D eigenvalue weighted by Gasteiger charge is 2.45. The number of methoxy groups -OCH3 is 1. The normalized spacial score (nSPS) is 15.1. The maximum atomic E-state index is 14.1. The smallest absolute Gasteiger partial charge is 0.294 e. The molecule has 7 nitrogen and oxygen atoms in total. The first-order chi connectivity index (χ1) is 18.8. The summed E-state index contributed by atoms with van der Waals surface area (Å²) in [4.78, 5) is 34.2. The molecule has 1 atom stereocenters. The lowest BCUT2D eigenvalue weighted by Gasteiger charge is -2.27. The van der Waals surface area contributed by atoms with E-state index in [1.54, 1.807) is 38.3 Å². The minimum absolute atomic E-state index is 0.000447. The molecule has 0 radical (unpaired) electrons. The van der Waals surface area contributed by atoms with Crippen molar-refractivity contribution in [3.63, 3.8) is 0 Å². The number of hydrogen-bond acceptors (Lipinski definition) is 7. The van der Waals surface area contributed by atoms with Crippen LogP contribution in [0.3, 0.4) is 0 Å². The number of ether oxygens (including phenoxy) is 2. The Balaban J connectivity index is 1.66. The van der Waals surface area contributed by atoms with Crippen LogP contribution in [0.2, 0.25) is 0 Å². The molecule has 0 saturated carbocycles. The lowest BCUT2D eigenvalue weighted by molar-refractivity contribution is -0.117. The predicted octanol–water partition coefficient (Wildman–Crippen LogP) is 6.62. The molecular weight excluding hydrogens is 512 g/mol. The van der Waals surface area contributed by atoms with Crippen LogP contribution in [0.25, 0.3) is 10.6 Å². The molecule has 39 heavy (non-hydrogen) atoms. The summed E-state index contributed by atoms with van der Waals surface area (Å²) in [5, 5.41) is 11.9. The van der Waals surface area contributed by atoms with Gasteiger partial charge in [0.05, 0.1) is 35.9 Å². The molecule has 1 aliphatic heterocycles. The van der Waals surface area contributed by atoms with Gasteiger partial charge < -0.3 is 14.6 Å². The molecule has 0 fully saturated rings. The second kappa shape index (κ2) is 10.7. The minimum Gasteiger partial charge on any atom is -0.503 e. The SMILES string of the molecule is CCOc1cc(C2C(C(=O)c3sc(-c4ccccc4)nc3C)=C(O)C(=O)N2c2cccc(C)c2)ccc1OC. The number of anilines is 1. The molecule has 4 aromatic rings. The van der Waals surface area contributed by atoms with Crippen molar-refractivity contribution in [1.29, 1.82) is 0 Å². The average molecular weight is 541 g/mol. The van der Waals surface area contributed by atoms with Gasteiger partial charge in [0.1, 0.15) is 5.01 Å². The number of aryl methyl sites for hydroxylation is 2. The average Bonchev–Trinajstić information content (AvgIpc) is 3.46. The van der Waals surface area contributed by atoms with E-state index in [9.17, 15) is 14.7 Å². The van der Waals surface area contributed by atoms with Crippen molar-refractivity contribution >= 4 is 28.7 Å². The van der Waals surface area contributed by atoms with Gasteiger partial charge in [-0.1, -0.05) is 48.5 Å². The van der Waals surface area contributed by atoms with Crippen LogP contribution in [0.5, 0.6) is 11.5 Å². The molecule has 3 aromatic carbocycles. The molecule has 5 rings (SSSR count). The highest BCUT2D eigenvalue weighted by Crippen LogP contribution is 2.45. The Kier molecular flexibility index (Phi) is 7.21. The van der Waals surface area contributed by atoms with Crippen LogP contribution in [0.1, 0.15) is 39.5 Å². The molecule has 0 aliphatic carbocycles. The molecule has 2 heterocycles. The van der Waals surface area contributed by atoms with Crippen molar-refractivity contribution in [1.82, 2.24) is 4.98 Å². The Morgan fingerprint density at radius 2 is 1.79 bits per heavy atom. The summed E-state index contributed by atoms with van der Waals surface area (Å²) in [6.07, 6.45) is 0. The number of thiazole rings is 1. The molecule has 1 amide bonds. The Morgan fingerprint density at radius 1 is 1.03 bits per heavy atom. The molecule has 0 saturated heterocycles. The molecule has 1 N–H and O–H groups in total. The van der Waals surface area contributed by atoms with E-state index in [0.29, 0.717) is 44.9 Å². The zero-order valence-electron chi connectivity index (χ0n) is 22.1. The third kappa shape index (κ3) is 4.79. The maximum absolute atomic E-state index is 14.1. The largest absolute Gasteiger partial charge is 0.503 e. The summed E-state index contributed by atoms with van der Waals surface area (Å²) in [7, 11) is 1.55. The van der Waals surface area contributed by atoms with Crippen LogP contribution in [0.15, 0.2) is 84.1 Å². The van der Waals surface area contributed by atoms with Crippen LogP contribution in [-0.2, 0) is 4.79 Å². The second-order valence-electron chi connectivity index (χ2n) is 9.15. The van der Waals surface area contributed by atoms with Gasteiger partial charge in [-0.25, -0.2) is 4.98 Å². The lowest BCUT2D eigenvalue weighted by Crippen LogP contribution is -2.31. The number of amides is 1. The predicted molar refractivity (Wildman–Crippen MR) is 152 cm³/mol. The number of hydrogen-bond donors (Lipinski definition) is 1. The van der Waals surface area contributed by atoms with Gasteiger partial charge in [0.25, 0.3) is 5.91 Å². The fourth-order valence-electron chi connectivity index (χ4n) is 4.76. The third-order valence-electron chi connectivity index (χ3n) is 6.56. The summed E-state index contributed by atoms with van der Waals surface area (Å²) in [5.74, 6) is -0.652. The van der Waals surface area contributed by atoms with Crippen LogP contribution in [0, 0.1) is 13.8 Å². The van der Waals surface area contributed by atoms with Crippen molar-refractivity contribution in [3.8, 4) is 22.1 Å². The van der Waals surface area contributed by atoms with Gasteiger partial charge in [-0.2, -0.15) is 0 Å². The molecule has 1 unspecified atom stereocenters. The molecule has 198 valence electrons. The van der Waals surface area contributed by atoms with Crippen LogP contribution in [0.4, 0.5) is 5.69 Å². The summed E-state index contributed by atoms with van der Waals surface area (Å²) >= 11 is 1.24. The zero-order valence-corrected chi connectivity index (χ0v) is 22.9. The van der Waals surface area contributed by atoms with E-state index in [1.807, 2.05) is 62.4 Å². The number of benzene rings is 3. The van der Waals surface area contributed by atoms with E-state index in [1.165, 1.54) is 16.2 Å². The number of aromatic nitrogens is 1. The van der Waals surface area contributed by atoms with Crippen LogP contribution < -0.4 is 14.4 Å². The van der Waals surface area contributed by atoms with Gasteiger partial charge in [0.2, 0.25) is 5.78 Å². The summed E-state index contributed by atoms with van der Waals surface area (Å²) in [6, 6.07) is 21.4. The van der Waals surface area contributed by atoms with Crippen molar-refractivity contribution in [3.05, 3.63) is 106 Å². The summed E-state index contributed by atoms with van der Waals surface area (Å²) in [5.41, 5.74) is 3.54. The summed E-state index contributed by atoms with van der Waals surface area (Å²) in [6.45, 7) is 5.95. The second-order valence-corrected chi connectivity index (χ2v) is 10.2. The zero-order chi connectivity index (χ0) is 27.7. The van der Waals surface area contributed by atoms with Crippen LogP contribution >= 0.6 is 11.3 Å². The fourth-order valence-corrected chi connectivity index (χ4v) is 5.79. The van der Waals surface area contributed by atoms with Gasteiger partial charge in [0, 0.05) is 11.3 Å². The number of carbonyl (C=O) groups is 2. The van der Waals surface area contributed by atoms with Crippen molar-refractivity contribution in [2.45, 2.75) is 26.8 Å². The quantitative estimate of drug-likeness (QED) is 0.253. The minimum atomic E-state index is -0.890. The molecule has 8 heteroatoms. The summed E-state index contributed by atoms with van der Waals surface area (Å²) < 4.78 is 11.2. The number of rotatable bonds is 8. The van der Waals surface area contributed by atoms with E-state index >= 15 is 0 Å². The number of carbonyl (C=O) groups excluding carboxylic acids is 2. The van der Waals surface area contributed by atoms with E-state index in [4.69, 9.17) is 9.47 Å². The van der Waals surface area contributed by atoms with E-state index in [-0.39, 0.29) is 5.57 Å². The highest BCUT2D eigenvalue weighted by atomic mass is 32.1. The lowest BCUT2D eigenvalue weighted by atomic mass is 9.94. The first kappa shape index (κ1) is 26.2. The van der Waals surface area contributed by atoms with Crippen molar-refractivity contribution < 1.29 is 24.2 Å². The highest BCUT2D eigenvalue weighted by molar-refractivity contribution is 7.17. The molecule has 0 bridgehead atoms. The standard InChI is InChI=1S/C31H28N2O5S/c1-5-38-24-17-21(14-15-23(24)37-4)26-25(28(35)31(36)33(26)22-13-9-10-18(2)16-22)27(34)29-19(3)32-30(39-29)20-11-7-6-8-12-20/h6-17,26,35H,5H2,1-4H3. The number of nitrogens with zero attached hydrogens (tertiary/aromatic N) is 2. The molecule has 0 spiro atoms. The van der Waals surface area contributed by atoms with Crippen molar-refractivity contribution in [2.24, 2.45) is 0 Å². The maximum Gasteiger partial charge on any atom is 0.294 e. The monoisotopic (exact) mass is 540 g/mol. The number of Topliss-reactive ketones (excluding diaryl/α,β-unsaturated/α-hetero) is 1. The Hall–Kier alpha value is -4.43. The molecule has 1 aromatic heterocycles. The van der Waals surface area contributed by atoms with E-state index in [0.717, 1.165) is 11.1 Å². The van der Waals surface area contributed by atoms with Gasteiger partial charge in [-0.15, -0.1) is 11.3 Å². The molecule has 1 aliphatic rings. The Bertz CT molecular complexity index is 1590. The fraction of sp³-hybridized carbons (Fsp3) is 0.194. The Morgan fingerprint density at radius 3 is 2.49 bits per heavy atom. The number of aliphatic hydroxyl groups excluding tert-OH is 1. The third-order valence-corrected chi connectivity index (χ3v) is 7.76. The van der Waals surface area contributed by atoms with E-state index in [2.05, 4.69) is 4.98 Å². The van der Waals surface area contributed by atoms with Crippen molar-refractivity contribution in [2.75, 3.05) is 18.6 Å². The van der Waals surface area contributed by atoms with Gasteiger partial charge in [-0.3, -0.25) is 14.5 Å². The van der Waals surface area contributed by atoms with Gasteiger partial charge in [-0.05, 0) is 56.2 Å². The van der Waals surface area contributed by atoms with Gasteiger partial charge in [0.15, 0.2) is 17.3 Å². The Labute approximate surface area is 231 Å². The van der Waals surface area contributed by atoms with Gasteiger partial charge >= 0.3 is 0 Å². The molecular formula is C31H28N2O5S. The number of aliphatic hydroxyl groups is 1.